The van der Waals surface area contributed by atoms with Gasteiger partial charge in [0.25, 0.3) is 0 Å². The third-order valence-corrected chi connectivity index (χ3v) is 3.31. The summed E-state index contributed by atoms with van der Waals surface area (Å²) in [5, 5.41) is 1.79. The van der Waals surface area contributed by atoms with E-state index in [9.17, 15) is 18.0 Å². The van der Waals surface area contributed by atoms with Crippen molar-refractivity contribution in [1.82, 2.24) is 0 Å². The number of ether oxygens (including phenoxy) is 1. The van der Waals surface area contributed by atoms with Gasteiger partial charge in [-0.15, -0.1) is 0 Å². The van der Waals surface area contributed by atoms with Gasteiger partial charge < -0.3 is 10.1 Å². The van der Waals surface area contributed by atoms with Crippen molar-refractivity contribution in [2.24, 2.45) is 0 Å². The van der Waals surface area contributed by atoms with E-state index < -0.39 is 12.1 Å². The highest BCUT2D eigenvalue weighted by Crippen LogP contribution is 2.36. The van der Waals surface area contributed by atoms with Crippen LogP contribution in [0.1, 0.15) is 11.1 Å². The van der Waals surface area contributed by atoms with Crippen LogP contribution in [-0.2, 0) is 4.79 Å². The Labute approximate surface area is 110 Å². The minimum Gasteiger partial charge on any atom is -0.494 e. The minimum atomic E-state index is -4.93. The molecule has 0 saturated carbocycles. The Kier molecular flexibility index (Phi) is 4.26. The van der Waals surface area contributed by atoms with E-state index in [1.807, 2.05) is 0 Å². The summed E-state index contributed by atoms with van der Waals surface area (Å²) in [6.45, 7) is 3.49. The molecule has 1 aromatic carbocycles. The van der Waals surface area contributed by atoms with E-state index in [1.165, 1.54) is 13.2 Å². The lowest BCUT2D eigenvalue weighted by Gasteiger charge is -2.16. The lowest BCUT2D eigenvalue weighted by molar-refractivity contribution is -0.167. The molecule has 0 saturated heterocycles. The molecule has 1 rings (SSSR count). The summed E-state index contributed by atoms with van der Waals surface area (Å²) in [5.74, 6) is -1.82. The Morgan fingerprint density at radius 2 is 1.89 bits per heavy atom. The monoisotopic (exact) mass is 325 g/mol. The van der Waals surface area contributed by atoms with Crippen molar-refractivity contribution in [1.29, 1.82) is 0 Å². The van der Waals surface area contributed by atoms with E-state index in [4.69, 9.17) is 4.74 Å². The largest absolute Gasteiger partial charge is 0.494 e. The lowest BCUT2D eigenvalue weighted by atomic mass is 10.1. The number of anilines is 1. The normalized spacial score (nSPS) is 11.3. The first-order valence-corrected chi connectivity index (χ1v) is 5.69. The second kappa shape index (κ2) is 5.17. The molecular weight excluding hydrogens is 315 g/mol. The molecule has 0 unspecified atom stereocenters. The quantitative estimate of drug-likeness (QED) is 0.902. The van der Waals surface area contributed by atoms with Crippen LogP contribution >= 0.6 is 15.9 Å². The topological polar surface area (TPSA) is 38.3 Å². The predicted octanol–water partition coefficient (Wildman–Crippen LogP) is 3.58. The second-order valence-corrected chi connectivity index (χ2v) is 4.50. The minimum absolute atomic E-state index is 0.0187. The SMILES string of the molecule is COc1c(NC(=O)C(F)(F)F)cc(Br)c(C)c1C. The van der Waals surface area contributed by atoms with Crippen molar-refractivity contribution in [3.05, 3.63) is 21.7 Å². The van der Waals surface area contributed by atoms with Gasteiger partial charge in [-0.2, -0.15) is 13.2 Å². The molecule has 0 spiro atoms. The molecule has 0 radical (unpaired) electrons. The summed E-state index contributed by atoms with van der Waals surface area (Å²) >= 11 is 3.21. The molecule has 0 heterocycles. The van der Waals surface area contributed by atoms with Gasteiger partial charge in [-0.05, 0) is 31.0 Å². The highest BCUT2D eigenvalue weighted by molar-refractivity contribution is 9.10. The van der Waals surface area contributed by atoms with Gasteiger partial charge in [0.15, 0.2) is 0 Å². The van der Waals surface area contributed by atoms with Crippen molar-refractivity contribution < 1.29 is 22.7 Å². The Balaban J connectivity index is 3.21. The van der Waals surface area contributed by atoms with E-state index in [2.05, 4.69) is 15.9 Å². The van der Waals surface area contributed by atoms with Crippen LogP contribution in [-0.4, -0.2) is 19.2 Å². The number of hydrogen-bond acceptors (Lipinski definition) is 2. The van der Waals surface area contributed by atoms with Crippen molar-refractivity contribution in [2.45, 2.75) is 20.0 Å². The van der Waals surface area contributed by atoms with Gasteiger partial charge in [0.2, 0.25) is 0 Å². The molecule has 0 aliphatic rings. The highest BCUT2D eigenvalue weighted by atomic mass is 79.9. The third kappa shape index (κ3) is 2.95. The summed E-state index contributed by atoms with van der Waals surface area (Å²) in [6.07, 6.45) is -4.93. The maximum atomic E-state index is 12.2. The average molecular weight is 326 g/mol. The molecule has 0 aromatic heterocycles. The molecule has 3 nitrogen and oxygen atoms in total. The maximum Gasteiger partial charge on any atom is 0.471 e. The van der Waals surface area contributed by atoms with Crippen LogP contribution in [0.15, 0.2) is 10.5 Å². The van der Waals surface area contributed by atoms with E-state index in [0.29, 0.717) is 10.0 Å². The molecule has 7 heteroatoms. The number of nitrogens with one attached hydrogen (secondary N) is 1. The number of carbonyl (C=O) groups excluding carboxylic acids is 1. The molecular formula is C11H11BrF3NO2. The first-order valence-electron chi connectivity index (χ1n) is 4.90. The lowest BCUT2D eigenvalue weighted by Crippen LogP contribution is -2.30. The summed E-state index contributed by atoms with van der Waals surface area (Å²) in [7, 11) is 1.33. The van der Waals surface area contributed by atoms with Crippen molar-refractivity contribution in [3.8, 4) is 5.75 Å². The van der Waals surface area contributed by atoms with Gasteiger partial charge in [0.05, 0.1) is 12.8 Å². The third-order valence-electron chi connectivity index (χ3n) is 2.49. The molecule has 0 aliphatic carbocycles. The number of hydrogen-bond donors (Lipinski definition) is 1. The zero-order valence-corrected chi connectivity index (χ0v) is 11.5. The number of alkyl halides is 3. The van der Waals surface area contributed by atoms with Crippen LogP contribution < -0.4 is 10.1 Å². The number of halogens is 4. The average Bonchev–Trinajstić information content (AvgIpc) is 2.25. The Bertz CT molecular complexity index is 486. The molecule has 0 aliphatic heterocycles. The summed E-state index contributed by atoms with van der Waals surface area (Å²) in [4.78, 5) is 10.9. The molecule has 1 aromatic rings. The zero-order valence-electron chi connectivity index (χ0n) is 9.91. The summed E-state index contributed by atoms with van der Waals surface area (Å²) in [6, 6.07) is 1.38. The van der Waals surface area contributed by atoms with Gasteiger partial charge in [-0.25, -0.2) is 0 Å². The standard InChI is InChI=1S/C11H11BrF3NO2/c1-5-6(2)9(18-3)8(4-7(5)12)16-10(17)11(13,14)15/h4H,1-3H3,(H,16,17). The number of rotatable bonds is 2. The first kappa shape index (κ1) is 14.8. The summed E-state index contributed by atoms with van der Waals surface area (Å²) in [5.41, 5.74) is 1.47. The molecule has 0 bridgehead atoms. The Morgan fingerprint density at radius 3 is 2.33 bits per heavy atom. The van der Waals surface area contributed by atoms with Crippen LogP contribution in [0.3, 0.4) is 0 Å². The van der Waals surface area contributed by atoms with Gasteiger partial charge in [0, 0.05) is 4.47 Å². The van der Waals surface area contributed by atoms with Crippen LogP contribution in [0.5, 0.6) is 5.75 Å². The van der Waals surface area contributed by atoms with Gasteiger partial charge in [-0.3, -0.25) is 4.79 Å². The van der Waals surface area contributed by atoms with Gasteiger partial charge >= 0.3 is 12.1 Å². The van der Waals surface area contributed by atoms with E-state index >= 15 is 0 Å². The summed E-state index contributed by atoms with van der Waals surface area (Å²) < 4.78 is 42.2. The molecule has 1 amide bonds. The number of methoxy groups -OCH3 is 1. The van der Waals surface area contributed by atoms with Crippen LogP contribution in [0.25, 0.3) is 0 Å². The predicted molar refractivity (Wildman–Crippen MR) is 64.9 cm³/mol. The molecule has 18 heavy (non-hydrogen) atoms. The van der Waals surface area contributed by atoms with E-state index in [-0.39, 0.29) is 11.4 Å². The van der Waals surface area contributed by atoms with Crippen LogP contribution in [0.2, 0.25) is 0 Å². The zero-order chi connectivity index (χ0) is 14.1. The fourth-order valence-corrected chi connectivity index (χ4v) is 1.93. The van der Waals surface area contributed by atoms with E-state index in [0.717, 1.165) is 5.56 Å². The van der Waals surface area contributed by atoms with Gasteiger partial charge in [0.1, 0.15) is 5.75 Å². The van der Waals surface area contributed by atoms with Crippen LogP contribution in [0.4, 0.5) is 18.9 Å². The first-order chi connectivity index (χ1) is 8.18. The molecule has 100 valence electrons. The van der Waals surface area contributed by atoms with Crippen molar-refractivity contribution in [3.63, 3.8) is 0 Å². The molecule has 1 N–H and O–H groups in total. The van der Waals surface area contributed by atoms with Crippen molar-refractivity contribution >= 4 is 27.5 Å². The van der Waals surface area contributed by atoms with Crippen molar-refractivity contribution in [2.75, 3.05) is 12.4 Å². The fraction of sp³-hybridized carbons (Fsp3) is 0.364. The maximum absolute atomic E-state index is 12.2. The Morgan fingerprint density at radius 1 is 1.33 bits per heavy atom. The fourth-order valence-electron chi connectivity index (χ4n) is 1.40. The Hall–Kier alpha value is -1.24. The molecule has 0 fully saturated rings. The number of amides is 1. The molecule has 0 atom stereocenters. The second-order valence-electron chi connectivity index (χ2n) is 3.64. The van der Waals surface area contributed by atoms with Crippen LogP contribution in [0, 0.1) is 13.8 Å². The number of benzene rings is 1. The van der Waals surface area contributed by atoms with Gasteiger partial charge in [-0.1, -0.05) is 15.9 Å². The highest BCUT2D eigenvalue weighted by Gasteiger charge is 2.39. The number of carbonyl (C=O) groups is 1. The smallest absolute Gasteiger partial charge is 0.471 e. The van der Waals surface area contributed by atoms with E-state index in [1.54, 1.807) is 19.2 Å².